The van der Waals surface area contributed by atoms with Crippen LogP contribution in [0.1, 0.15) is 27.2 Å². The first-order valence-corrected chi connectivity index (χ1v) is 8.14. The van der Waals surface area contributed by atoms with E-state index in [0.29, 0.717) is 10.8 Å². The van der Waals surface area contributed by atoms with Gasteiger partial charge in [0, 0.05) is 10.6 Å². The van der Waals surface area contributed by atoms with Crippen molar-refractivity contribution in [2.45, 2.75) is 39.3 Å². The van der Waals surface area contributed by atoms with E-state index in [2.05, 4.69) is 20.7 Å². The van der Waals surface area contributed by atoms with Crippen LogP contribution in [0.3, 0.4) is 0 Å². The molecule has 2 rings (SSSR count). The maximum Gasteiger partial charge on any atom is 0.305 e. The zero-order chi connectivity index (χ0) is 18.6. The van der Waals surface area contributed by atoms with Crippen LogP contribution in [-0.4, -0.2) is 42.7 Å². The SMILES string of the molecule is CC(C)C(C)(CC(=O)O)NC(=O)Cn1nnc(-c2ccc(Cl)cc2)n1. The minimum absolute atomic E-state index is 0.0547. The summed E-state index contributed by atoms with van der Waals surface area (Å²) in [5.41, 5.74) is -0.128. The van der Waals surface area contributed by atoms with E-state index in [4.69, 9.17) is 16.7 Å². The van der Waals surface area contributed by atoms with Crippen molar-refractivity contribution in [2.24, 2.45) is 5.92 Å². The Morgan fingerprint density at radius 3 is 2.52 bits per heavy atom. The van der Waals surface area contributed by atoms with Gasteiger partial charge in [-0.3, -0.25) is 9.59 Å². The molecule has 0 aliphatic rings. The molecule has 1 amide bonds. The molecule has 8 nitrogen and oxygen atoms in total. The summed E-state index contributed by atoms with van der Waals surface area (Å²) < 4.78 is 0. The number of carboxylic acid groups (broad SMARTS) is 1. The molecule has 0 aliphatic heterocycles. The fourth-order valence-corrected chi connectivity index (χ4v) is 2.34. The van der Waals surface area contributed by atoms with Crippen molar-refractivity contribution in [3.8, 4) is 11.4 Å². The maximum atomic E-state index is 12.3. The molecule has 2 aromatic rings. The number of amides is 1. The van der Waals surface area contributed by atoms with Gasteiger partial charge in [0.1, 0.15) is 6.54 Å². The molecule has 0 radical (unpaired) electrons. The Labute approximate surface area is 150 Å². The largest absolute Gasteiger partial charge is 0.481 e. The molecule has 1 aromatic carbocycles. The summed E-state index contributed by atoms with van der Waals surface area (Å²) in [5, 5.41) is 24.3. The molecular weight excluding hydrogens is 346 g/mol. The lowest BCUT2D eigenvalue weighted by molar-refractivity contribution is -0.139. The molecule has 0 fully saturated rings. The van der Waals surface area contributed by atoms with Crippen LogP contribution in [-0.2, 0) is 16.1 Å². The average molecular weight is 366 g/mol. The standard InChI is InChI=1S/C16H20ClN5O3/c1-10(2)16(3,8-14(24)25)18-13(23)9-22-20-15(19-21-22)11-4-6-12(17)7-5-11/h4-7,10H,8-9H2,1-3H3,(H,18,23)(H,24,25). The lowest BCUT2D eigenvalue weighted by Gasteiger charge is -2.33. The van der Waals surface area contributed by atoms with E-state index in [9.17, 15) is 9.59 Å². The molecule has 25 heavy (non-hydrogen) atoms. The van der Waals surface area contributed by atoms with Gasteiger partial charge >= 0.3 is 5.97 Å². The van der Waals surface area contributed by atoms with Crippen LogP contribution in [0, 0.1) is 5.92 Å². The monoisotopic (exact) mass is 365 g/mol. The van der Waals surface area contributed by atoms with E-state index in [-0.39, 0.29) is 24.8 Å². The Balaban J connectivity index is 2.05. The van der Waals surface area contributed by atoms with Gasteiger partial charge in [0.2, 0.25) is 11.7 Å². The third kappa shape index (κ3) is 4.99. The van der Waals surface area contributed by atoms with E-state index in [1.165, 1.54) is 4.80 Å². The number of rotatable bonds is 7. The van der Waals surface area contributed by atoms with E-state index >= 15 is 0 Å². The molecule has 0 bridgehead atoms. The number of nitrogens with one attached hydrogen (secondary N) is 1. The first-order valence-electron chi connectivity index (χ1n) is 7.76. The van der Waals surface area contributed by atoms with Gasteiger partial charge in [-0.1, -0.05) is 25.4 Å². The summed E-state index contributed by atoms with van der Waals surface area (Å²) in [6.45, 7) is 5.27. The molecule has 1 unspecified atom stereocenters. The molecule has 0 aliphatic carbocycles. The summed E-state index contributed by atoms with van der Waals surface area (Å²) in [6, 6.07) is 6.94. The number of carbonyl (C=O) groups is 2. The van der Waals surface area contributed by atoms with E-state index < -0.39 is 11.5 Å². The molecule has 134 valence electrons. The first-order chi connectivity index (χ1) is 11.7. The number of halogens is 1. The van der Waals surface area contributed by atoms with E-state index in [1.807, 2.05) is 13.8 Å². The highest BCUT2D eigenvalue weighted by molar-refractivity contribution is 6.30. The van der Waals surface area contributed by atoms with Crippen molar-refractivity contribution < 1.29 is 14.7 Å². The van der Waals surface area contributed by atoms with Gasteiger partial charge in [-0.15, -0.1) is 10.2 Å². The van der Waals surface area contributed by atoms with Crippen LogP contribution in [0.2, 0.25) is 5.02 Å². The lowest BCUT2D eigenvalue weighted by atomic mass is 9.85. The molecule has 2 N–H and O–H groups in total. The van der Waals surface area contributed by atoms with Gasteiger partial charge in [0.25, 0.3) is 0 Å². The quantitative estimate of drug-likeness (QED) is 0.776. The smallest absolute Gasteiger partial charge is 0.305 e. The summed E-state index contributed by atoms with van der Waals surface area (Å²) in [6.07, 6.45) is -0.169. The predicted molar refractivity (Wildman–Crippen MR) is 91.9 cm³/mol. The maximum absolute atomic E-state index is 12.3. The Bertz CT molecular complexity index is 759. The number of hydrogen-bond acceptors (Lipinski definition) is 5. The number of nitrogens with zero attached hydrogens (tertiary/aromatic N) is 4. The molecule has 1 aromatic heterocycles. The summed E-state index contributed by atoms with van der Waals surface area (Å²) in [4.78, 5) is 24.5. The van der Waals surface area contributed by atoms with E-state index in [0.717, 1.165) is 5.56 Å². The molecule has 0 saturated heterocycles. The van der Waals surface area contributed by atoms with Crippen molar-refractivity contribution >= 4 is 23.5 Å². The zero-order valence-corrected chi connectivity index (χ0v) is 15.0. The number of aliphatic carboxylic acids is 1. The van der Waals surface area contributed by atoms with Crippen LogP contribution in [0.25, 0.3) is 11.4 Å². The summed E-state index contributed by atoms with van der Waals surface area (Å²) in [5.74, 6) is -1.03. The van der Waals surface area contributed by atoms with Crippen molar-refractivity contribution in [1.29, 1.82) is 0 Å². The number of tetrazole rings is 1. The third-order valence-corrected chi connectivity index (χ3v) is 4.31. The van der Waals surface area contributed by atoms with Crippen LogP contribution in [0.15, 0.2) is 24.3 Å². The Morgan fingerprint density at radius 2 is 1.96 bits per heavy atom. The molecule has 9 heteroatoms. The molecule has 0 saturated carbocycles. The van der Waals surface area contributed by atoms with Crippen LogP contribution < -0.4 is 5.32 Å². The lowest BCUT2D eigenvalue weighted by Crippen LogP contribution is -2.52. The second-order valence-electron chi connectivity index (χ2n) is 6.34. The van der Waals surface area contributed by atoms with Crippen LogP contribution in [0.4, 0.5) is 0 Å². The van der Waals surface area contributed by atoms with Gasteiger partial charge in [-0.2, -0.15) is 4.80 Å². The highest BCUT2D eigenvalue weighted by atomic mass is 35.5. The van der Waals surface area contributed by atoms with Crippen molar-refractivity contribution in [3.05, 3.63) is 29.3 Å². The number of carboxylic acids is 1. The Morgan fingerprint density at radius 1 is 1.32 bits per heavy atom. The van der Waals surface area contributed by atoms with Gasteiger partial charge < -0.3 is 10.4 Å². The topological polar surface area (TPSA) is 110 Å². The van der Waals surface area contributed by atoms with Crippen LogP contribution in [0.5, 0.6) is 0 Å². The summed E-state index contributed by atoms with van der Waals surface area (Å²) >= 11 is 5.84. The second-order valence-corrected chi connectivity index (χ2v) is 6.78. The number of carbonyl (C=O) groups excluding carboxylic acids is 1. The number of hydrogen-bond donors (Lipinski definition) is 2. The van der Waals surface area contributed by atoms with Gasteiger partial charge in [0.15, 0.2) is 0 Å². The Hall–Kier alpha value is -2.48. The molecule has 1 heterocycles. The van der Waals surface area contributed by atoms with Gasteiger partial charge in [0.05, 0.1) is 12.0 Å². The first kappa shape index (κ1) is 18.9. The minimum Gasteiger partial charge on any atom is -0.481 e. The summed E-state index contributed by atoms with van der Waals surface area (Å²) in [7, 11) is 0. The normalized spacial score (nSPS) is 13.5. The fourth-order valence-electron chi connectivity index (χ4n) is 2.22. The van der Waals surface area contributed by atoms with Gasteiger partial charge in [-0.25, -0.2) is 0 Å². The van der Waals surface area contributed by atoms with Crippen molar-refractivity contribution in [3.63, 3.8) is 0 Å². The predicted octanol–water partition coefficient (Wildman–Crippen LogP) is 2.00. The second kappa shape index (κ2) is 7.60. The minimum atomic E-state index is -0.972. The molecular formula is C16H20ClN5O3. The number of benzene rings is 1. The fraction of sp³-hybridized carbons (Fsp3) is 0.438. The molecule has 0 spiro atoms. The van der Waals surface area contributed by atoms with E-state index in [1.54, 1.807) is 31.2 Å². The van der Waals surface area contributed by atoms with Crippen molar-refractivity contribution in [1.82, 2.24) is 25.5 Å². The highest BCUT2D eigenvalue weighted by Gasteiger charge is 2.33. The highest BCUT2D eigenvalue weighted by Crippen LogP contribution is 2.21. The third-order valence-electron chi connectivity index (χ3n) is 4.06. The number of aromatic nitrogens is 4. The van der Waals surface area contributed by atoms with Crippen molar-refractivity contribution in [2.75, 3.05) is 0 Å². The molecule has 1 atom stereocenters. The van der Waals surface area contributed by atoms with Gasteiger partial charge in [-0.05, 0) is 42.3 Å². The average Bonchev–Trinajstić information content (AvgIpc) is 2.95. The zero-order valence-electron chi connectivity index (χ0n) is 14.2. The Kier molecular flexibility index (Phi) is 5.73. The van der Waals surface area contributed by atoms with Crippen LogP contribution >= 0.6 is 11.6 Å².